The average Bonchev–Trinajstić information content (AvgIpc) is 2.79. The molecule has 1 aliphatic carbocycles. The van der Waals surface area contributed by atoms with E-state index >= 15 is 0 Å². The summed E-state index contributed by atoms with van der Waals surface area (Å²) in [5.74, 6) is 0.346. The van der Waals surface area contributed by atoms with Gasteiger partial charge in [0.25, 0.3) is 0 Å². The first kappa shape index (κ1) is 12.9. The summed E-state index contributed by atoms with van der Waals surface area (Å²) >= 11 is 0. The molecule has 2 fully saturated rings. The number of carbonyl (C=O) groups excluding carboxylic acids is 1. The van der Waals surface area contributed by atoms with E-state index in [1.807, 2.05) is 0 Å². The quantitative estimate of drug-likeness (QED) is 0.814. The number of amides is 1. The summed E-state index contributed by atoms with van der Waals surface area (Å²) in [6.07, 6.45) is 5.81. The summed E-state index contributed by atoms with van der Waals surface area (Å²) < 4.78 is 0. The van der Waals surface area contributed by atoms with Crippen LogP contribution >= 0.6 is 0 Å². The van der Waals surface area contributed by atoms with E-state index in [0.717, 1.165) is 25.9 Å². The van der Waals surface area contributed by atoms with Crippen LogP contribution in [0.15, 0.2) is 0 Å². The lowest BCUT2D eigenvalue weighted by Gasteiger charge is -2.35. The lowest BCUT2D eigenvalue weighted by Crippen LogP contribution is -2.46. The molecule has 2 aliphatic rings. The van der Waals surface area contributed by atoms with Gasteiger partial charge in [0.1, 0.15) is 0 Å². The fourth-order valence-corrected chi connectivity index (χ4v) is 3.41. The average molecular weight is 238 g/mol. The van der Waals surface area contributed by atoms with Crippen LogP contribution in [0.3, 0.4) is 0 Å². The normalized spacial score (nSPS) is 32.4. The molecule has 1 N–H and O–H groups in total. The third-order valence-electron chi connectivity index (χ3n) is 4.46. The maximum Gasteiger partial charge on any atom is 0.240 e. The molecule has 2 unspecified atom stereocenters. The molecule has 1 saturated carbocycles. The molecule has 1 amide bonds. The number of hydrogen-bond donors (Lipinski definition) is 1. The topological polar surface area (TPSA) is 32.3 Å². The molecular weight excluding hydrogens is 212 g/mol. The predicted molar refractivity (Wildman–Crippen MR) is 69.8 cm³/mol. The molecule has 0 bridgehead atoms. The van der Waals surface area contributed by atoms with Gasteiger partial charge in [-0.25, -0.2) is 0 Å². The van der Waals surface area contributed by atoms with Gasteiger partial charge in [0.2, 0.25) is 5.91 Å². The zero-order chi connectivity index (χ0) is 12.5. The summed E-state index contributed by atoms with van der Waals surface area (Å²) in [7, 11) is 0. The first-order valence-corrected chi connectivity index (χ1v) is 7.10. The molecule has 3 heteroatoms. The van der Waals surface area contributed by atoms with Gasteiger partial charge in [-0.3, -0.25) is 4.79 Å². The van der Waals surface area contributed by atoms with Crippen molar-refractivity contribution in [3.05, 3.63) is 0 Å². The Morgan fingerprint density at radius 3 is 2.76 bits per heavy atom. The molecule has 2 rings (SSSR count). The molecular formula is C14H26N2O. The van der Waals surface area contributed by atoms with Crippen molar-refractivity contribution in [3.8, 4) is 0 Å². The van der Waals surface area contributed by atoms with E-state index in [9.17, 15) is 4.79 Å². The van der Waals surface area contributed by atoms with Gasteiger partial charge < -0.3 is 10.2 Å². The van der Waals surface area contributed by atoms with Gasteiger partial charge in [-0.1, -0.05) is 27.2 Å². The van der Waals surface area contributed by atoms with Crippen molar-refractivity contribution in [2.24, 2.45) is 5.41 Å². The van der Waals surface area contributed by atoms with E-state index in [-0.39, 0.29) is 6.04 Å². The zero-order valence-corrected chi connectivity index (χ0v) is 11.5. The Morgan fingerprint density at radius 2 is 2.18 bits per heavy atom. The number of carbonyl (C=O) groups is 1. The van der Waals surface area contributed by atoms with Crippen LogP contribution in [0.2, 0.25) is 0 Å². The Morgan fingerprint density at radius 1 is 1.41 bits per heavy atom. The second-order valence-electron chi connectivity index (χ2n) is 6.22. The molecule has 0 aromatic heterocycles. The van der Waals surface area contributed by atoms with Crippen molar-refractivity contribution in [2.45, 2.75) is 65.0 Å². The van der Waals surface area contributed by atoms with E-state index in [1.165, 1.54) is 19.3 Å². The summed E-state index contributed by atoms with van der Waals surface area (Å²) in [6, 6.07) is 0.565. The number of nitrogens with zero attached hydrogens (tertiary/aromatic N) is 1. The molecule has 98 valence electrons. The highest BCUT2D eigenvalue weighted by atomic mass is 16.2. The van der Waals surface area contributed by atoms with Crippen LogP contribution in [-0.2, 0) is 4.79 Å². The maximum atomic E-state index is 12.3. The van der Waals surface area contributed by atoms with Crippen molar-refractivity contribution in [1.29, 1.82) is 0 Å². The first-order chi connectivity index (χ1) is 8.06. The van der Waals surface area contributed by atoms with Crippen LogP contribution < -0.4 is 5.32 Å². The van der Waals surface area contributed by atoms with Crippen molar-refractivity contribution in [2.75, 3.05) is 13.1 Å². The number of likely N-dealkylation sites (tertiary alicyclic amines) is 1. The SMILES string of the molecule is CCCNC1CCN(C2CCCC2(C)C)C1=O. The zero-order valence-electron chi connectivity index (χ0n) is 11.5. The van der Waals surface area contributed by atoms with Crippen LogP contribution in [0, 0.1) is 5.41 Å². The molecule has 1 aliphatic heterocycles. The number of rotatable bonds is 4. The van der Waals surface area contributed by atoms with E-state index in [0.29, 0.717) is 17.4 Å². The lowest BCUT2D eigenvalue weighted by molar-refractivity contribution is -0.133. The third kappa shape index (κ3) is 2.49. The Balaban J connectivity index is 1.97. The van der Waals surface area contributed by atoms with Crippen molar-refractivity contribution >= 4 is 5.91 Å². The summed E-state index contributed by atoms with van der Waals surface area (Å²) in [6.45, 7) is 8.67. The van der Waals surface area contributed by atoms with E-state index < -0.39 is 0 Å². The van der Waals surface area contributed by atoms with Crippen LogP contribution in [0.1, 0.15) is 52.9 Å². The molecule has 2 atom stereocenters. The minimum absolute atomic E-state index is 0.0892. The number of nitrogens with one attached hydrogen (secondary N) is 1. The highest BCUT2D eigenvalue weighted by Gasteiger charge is 2.44. The van der Waals surface area contributed by atoms with Gasteiger partial charge in [0, 0.05) is 12.6 Å². The first-order valence-electron chi connectivity index (χ1n) is 7.10. The van der Waals surface area contributed by atoms with Crippen LogP contribution in [0.4, 0.5) is 0 Å². The van der Waals surface area contributed by atoms with Gasteiger partial charge >= 0.3 is 0 Å². The standard InChI is InChI=1S/C14H26N2O/c1-4-9-15-11-7-10-16(13(11)17)12-6-5-8-14(12,2)3/h11-12,15H,4-10H2,1-3H3. The molecule has 1 saturated heterocycles. The summed E-state index contributed by atoms with van der Waals surface area (Å²) in [5, 5.41) is 3.37. The predicted octanol–water partition coefficient (Wildman–Crippen LogP) is 2.17. The highest BCUT2D eigenvalue weighted by Crippen LogP contribution is 2.41. The van der Waals surface area contributed by atoms with E-state index in [1.54, 1.807) is 0 Å². The van der Waals surface area contributed by atoms with Gasteiger partial charge in [-0.2, -0.15) is 0 Å². The summed E-state index contributed by atoms with van der Waals surface area (Å²) in [5.41, 5.74) is 0.315. The molecule has 3 nitrogen and oxygen atoms in total. The van der Waals surface area contributed by atoms with Crippen LogP contribution in [0.25, 0.3) is 0 Å². The molecule has 0 aromatic carbocycles. The molecule has 0 aromatic rings. The van der Waals surface area contributed by atoms with Crippen molar-refractivity contribution < 1.29 is 4.79 Å². The Kier molecular flexibility index (Phi) is 3.76. The Hall–Kier alpha value is -0.570. The summed E-state index contributed by atoms with van der Waals surface area (Å²) in [4.78, 5) is 14.5. The molecule has 0 radical (unpaired) electrons. The molecule has 17 heavy (non-hydrogen) atoms. The minimum Gasteiger partial charge on any atom is -0.338 e. The van der Waals surface area contributed by atoms with Crippen molar-refractivity contribution in [1.82, 2.24) is 10.2 Å². The maximum absolute atomic E-state index is 12.3. The molecule has 0 spiro atoms. The highest BCUT2D eigenvalue weighted by molar-refractivity contribution is 5.84. The van der Waals surface area contributed by atoms with Crippen molar-refractivity contribution in [3.63, 3.8) is 0 Å². The van der Waals surface area contributed by atoms with E-state index in [4.69, 9.17) is 0 Å². The Bertz CT molecular complexity index is 288. The minimum atomic E-state index is 0.0892. The third-order valence-corrected chi connectivity index (χ3v) is 4.46. The lowest BCUT2D eigenvalue weighted by atomic mass is 9.86. The largest absolute Gasteiger partial charge is 0.338 e. The second kappa shape index (κ2) is 4.97. The fraction of sp³-hybridized carbons (Fsp3) is 0.929. The smallest absolute Gasteiger partial charge is 0.240 e. The van der Waals surface area contributed by atoms with Gasteiger partial charge in [-0.15, -0.1) is 0 Å². The van der Waals surface area contributed by atoms with Gasteiger partial charge in [0.05, 0.1) is 6.04 Å². The fourth-order valence-electron chi connectivity index (χ4n) is 3.41. The van der Waals surface area contributed by atoms with E-state index in [2.05, 4.69) is 31.0 Å². The van der Waals surface area contributed by atoms with Crippen LogP contribution in [-0.4, -0.2) is 36.0 Å². The molecule has 1 heterocycles. The van der Waals surface area contributed by atoms with Gasteiger partial charge in [0.15, 0.2) is 0 Å². The number of hydrogen-bond acceptors (Lipinski definition) is 2. The van der Waals surface area contributed by atoms with Crippen LogP contribution in [0.5, 0.6) is 0 Å². The Labute approximate surface area is 105 Å². The monoisotopic (exact) mass is 238 g/mol. The second-order valence-corrected chi connectivity index (χ2v) is 6.22. The van der Waals surface area contributed by atoms with Gasteiger partial charge in [-0.05, 0) is 37.6 Å².